The van der Waals surface area contributed by atoms with E-state index in [1.807, 2.05) is 0 Å². The van der Waals surface area contributed by atoms with E-state index in [1.54, 1.807) is 6.07 Å². The van der Waals surface area contributed by atoms with Gasteiger partial charge in [0.25, 0.3) is 0 Å². The van der Waals surface area contributed by atoms with Crippen molar-refractivity contribution in [2.45, 2.75) is 24.5 Å². The molecular weight excluding hydrogens is 254 g/mol. The first-order valence-corrected chi connectivity index (χ1v) is 5.71. The van der Waals surface area contributed by atoms with Gasteiger partial charge in [0.05, 0.1) is 12.1 Å². The SMILES string of the molecule is Nc1nccc2c1nnn2[C@@H]1O[C@H](CO)C(O)[C@@H]1O. The second-order valence-corrected chi connectivity index (χ2v) is 4.33. The Kier molecular flexibility index (Phi) is 2.82. The zero-order valence-electron chi connectivity index (χ0n) is 9.79. The fraction of sp³-hybridized carbons (Fsp3) is 0.500. The monoisotopic (exact) mass is 267 g/mol. The van der Waals surface area contributed by atoms with E-state index >= 15 is 0 Å². The maximum absolute atomic E-state index is 9.94. The molecule has 1 aliphatic rings. The standard InChI is InChI=1S/C10H13N5O4/c11-9-6-4(1-2-12-9)15(14-13-6)10-8(18)7(17)5(3-16)19-10/h1-2,5,7-8,10,16-18H,3H2,(H2,11,12)/t5-,7?,8+,10-/m1/s1. The van der Waals surface area contributed by atoms with Crippen LogP contribution in [0.15, 0.2) is 12.3 Å². The minimum Gasteiger partial charge on any atom is -0.394 e. The Labute approximate surface area is 107 Å². The van der Waals surface area contributed by atoms with Gasteiger partial charge < -0.3 is 25.8 Å². The molecule has 0 aliphatic carbocycles. The van der Waals surface area contributed by atoms with Crippen molar-refractivity contribution in [3.63, 3.8) is 0 Å². The Morgan fingerprint density at radius 3 is 2.84 bits per heavy atom. The second kappa shape index (κ2) is 4.38. The van der Waals surface area contributed by atoms with Crippen LogP contribution < -0.4 is 5.73 Å². The summed E-state index contributed by atoms with van der Waals surface area (Å²) in [5.74, 6) is 0.218. The third-order valence-corrected chi connectivity index (χ3v) is 3.18. The van der Waals surface area contributed by atoms with Crippen LogP contribution in [0, 0.1) is 0 Å². The maximum Gasteiger partial charge on any atom is 0.181 e. The van der Waals surface area contributed by atoms with E-state index in [9.17, 15) is 10.2 Å². The van der Waals surface area contributed by atoms with Gasteiger partial charge in [-0.25, -0.2) is 9.67 Å². The quantitative estimate of drug-likeness (QED) is 0.491. The molecule has 19 heavy (non-hydrogen) atoms. The molecule has 0 amide bonds. The lowest BCUT2D eigenvalue weighted by molar-refractivity contribution is -0.0572. The molecule has 0 spiro atoms. The molecule has 1 aliphatic heterocycles. The molecule has 3 heterocycles. The zero-order chi connectivity index (χ0) is 13.6. The third kappa shape index (κ3) is 1.75. The molecule has 0 saturated carbocycles. The molecule has 3 rings (SSSR count). The van der Waals surface area contributed by atoms with Crippen LogP contribution in [0.2, 0.25) is 0 Å². The van der Waals surface area contributed by atoms with E-state index in [2.05, 4.69) is 15.3 Å². The van der Waals surface area contributed by atoms with Gasteiger partial charge in [-0.3, -0.25) is 0 Å². The average molecular weight is 267 g/mol. The molecule has 1 saturated heterocycles. The predicted octanol–water partition coefficient (Wildman–Crippen LogP) is -1.98. The first-order valence-electron chi connectivity index (χ1n) is 5.71. The van der Waals surface area contributed by atoms with Gasteiger partial charge >= 0.3 is 0 Å². The normalized spacial score (nSPS) is 31.1. The molecule has 2 aromatic rings. The van der Waals surface area contributed by atoms with Gasteiger partial charge in [-0.1, -0.05) is 5.21 Å². The van der Waals surface area contributed by atoms with Crippen molar-refractivity contribution in [3.8, 4) is 0 Å². The molecule has 0 radical (unpaired) electrons. The highest BCUT2D eigenvalue weighted by Crippen LogP contribution is 2.31. The molecule has 1 unspecified atom stereocenters. The van der Waals surface area contributed by atoms with E-state index in [0.717, 1.165) is 0 Å². The van der Waals surface area contributed by atoms with Crippen molar-refractivity contribution in [2.75, 3.05) is 12.3 Å². The van der Waals surface area contributed by atoms with Gasteiger partial charge in [0.1, 0.15) is 18.3 Å². The Morgan fingerprint density at radius 1 is 1.37 bits per heavy atom. The number of hydrogen-bond donors (Lipinski definition) is 4. The number of ether oxygens (including phenoxy) is 1. The molecular formula is C10H13N5O4. The van der Waals surface area contributed by atoms with E-state index in [4.69, 9.17) is 15.6 Å². The van der Waals surface area contributed by atoms with Gasteiger partial charge in [0.15, 0.2) is 17.6 Å². The molecule has 1 fully saturated rings. The Bertz CT molecular complexity index is 603. The minimum atomic E-state index is -1.21. The van der Waals surface area contributed by atoms with Crippen LogP contribution in [0.5, 0.6) is 0 Å². The van der Waals surface area contributed by atoms with Gasteiger partial charge in [0.2, 0.25) is 0 Å². The number of nitrogens with zero attached hydrogens (tertiary/aromatic N) is 4. The van der Waals surface area contributed by atoms with E-state index in [0.29, 0.717) is 11.0 Å². The highest BCUT2D eigenvalue weighted by molar-refractivity contribution is 5.83. The van der Waals surface area contributed by atoms with Crippen LogP contribution in [-0.4, -0.2) is 60.2 Å². The largest absolute Gasteiger partial charge is 0.394 e. The molecule has 4 atom stereocenters. The van der Waals surface area contributed by atoms with Crippen LogP contribution in [0.3, 0.4) is 0 Å². The van der Waals surface area contributed by atoms with Crippen LogP contribution in [0.1, 0.15) is 6.23 Å². The number of pyridine rings is 1. The lowest BCUT2D eigenvalue weighted by Crippen LogP contribution is -2.33. The number of aliphatic hydroxyl groups is 3. The van der Waals surface area contributed by atoms with Gasteiger partial charge in [-0.15, -0.1) is 5.10 Å². The summed E-state index contributed by atoms with van der Waals surface area (Å²) in [5, 5.41) is 36.4. The summed E-state index contributed by atoms with van der Waals surface area (Å²) >= 11 is 0. The van der Waals surface area contributed by atoms with Crippen molar-refractivity contribution < 1.29 is 20.1 Å². The van der Waals surface area contributed by atoms with Crippen molar-refractivity contribution >= 4 is 16.9 Å². The Balaban J connectivity index is 2.04. The summed E-state index contributed by atoms with van der Waals surface area (Å²) in [6, 6.07) is 1.63. The highest BCUT2D eigenvalue weighted by atomic mass is 16.6. The molecule has 9 heteroatoms. The summed E-state index contributed by atoms with van der Waals surface area (Å²) in [5.41, 5.74) is 6.58. The number of aliphatic hydroxyl groups excluding tert-OH is 3. The molecule has 102 valence electrons. The van der Waals surface area contributed by atoms with Crippen molar-refractivity contribution in [2.24, 2.45) is 0 Å². The van der Waals surface area contributed by atoms with E-state index < -0.39 is 31.1 Å². The van der Waals surface area contributed by atoms with Gasteiger partial charge in [-0.2, -0.15) is 0 Å². The summed E-state index contributed by atoms with van der Waals surface area (Å²) in [6.45, 7) is -0.398. The molecule has 0 aromatic carbocycles. The lowest BCUT2D eigenvalue weighted by Gasteiger charge is -2.15. The number of aromatic nitrogens is 4. The van der Waals surface area contributed by atoms with E-state index in [-0.39, 0.29) is 5.82 Å². The molecule has 0 bridgehead atoms. The fourth-order valence-electron chi connectivity index (χ4n) is 2.16. The minimum absolute atomic E-state index is 0.218. The van der Waals surface area contributed by atoms with E-state index in [1.165, 1.54) is 10.9 Å². The maximum atomic E-state index is 9.94. The molecule has 2 aromatic heterocycles. The molecule has 5 N–H and O–H groups in total. The first-order chi connectivity index (χ1) is 9.13. The Morgan fingerprint density at radius 2 is 2.16 bits per heavy atom. The summed E-state index contributed by atoms with van der Waals surface area (Å²) in [4.78, 5) is 3.88. The van der Waals surface area contributed by atoms with Crippen molar-refractivity contribution in [1.82, 2.24) is 20.0 Å². The predicted molar refractivity (Wildman–Crippen MR) is 62.7 cm³/mol. The zero-order valence-corrected chi connectivity index (χ0v) is 9.79. The fourth-order valence-corrected chi connectivity index (χ4v) is 2.16. The number of nitrogen functional groups attached to an aromatic ring is 1. The van der Waals surface area contributed by atoms with Crippen molar-refractivity contribution in [3.05, 3.63) is 12.3 Å². The van der Waals surface area contributed by atoms with Gasteiger partial charge in [-0.05, 0) is 6.07 Å². The van der Waals surface area contributed by atoms with Crippen LogP contribution in [0.25, 0.3) is 11.0 Å². The average Bonchev–Trinajstić information content (AvgIpc) is 2.94. The van der Waals surface area contributed by atoms with Crippen LogP contribution >= 0.6 is 0 Å². The Hall–Kier alpha value is -1.81. The first kappa shape index (κ1) is 12.2. The number of anilines is 1. The number of rotatable bonds is 2. The number of nitrogens with two attached hydrogens (primary N) is 1. The third-order valence-electron chi connectivity index (χ3n) is 3.18. The van der Waals surface area contributed by atoms with Gasteiger partial charge in [0, 0.05) is 6.20 Å². The van der Waals surface area contributed by atoms with Crippen molar-refractivity contribution in [1.29, 1.82) is 0 Å². The second-order valence-electron chi connectivity index (χ2n) is 4.33. The highest BCUT2D eigenvalue weighted by Gasteiger charge is 2.44. The van der Waals surface area contributed by atoms with Crippen LogP contribution in [0.4, 0.5) is 5.82 Å². The lowest BCUT2D eigenvalue weighted by atomic mass is 10.1. The summed E-state index contributed by atoms with van der Waals surface area (Å²) in [7, 11) is 0. The smallest absolute Gasteiger partial charge is 0.181 e. The molecule has 9 nitrogen and oxygen atoms in total. The topological polar surface area (TPSA) is 140 Å². The number of hydrogen-bond acceptors (Lipinski definition) is 8. The van der Waals surface area contributed by atoms with Crippen LogP contribution in [-0.2, 0) is 4.74 Å². The number of fused-ring (bicyclic) bond motifs is 1. The summed E-state index contributed by atoms with van der Waals surface area (Å²) in [6.07, 6.45) is -2.71. The summed E-state index contributed by atoms with van der Waals surface area (Å²) < 4.78 is 6.69.